The van der Waals surface area contributed by atoms with Gasteiger partial charge in [-0.15, -0.1) is 0 Å². The summed E-state index contributed by atoms with van der Waals surface area (Å²) in [6.07, 6.45) is 0.388. The number of hydrogen-bond donors (Lipinski definition) is 0. The molecule has 3 nitrogen and oxygen atoms in total. The molecule has 0 unspecified atom stereocenters. The first-order valence-corrected chi connectivity index (χ1v) is 6.76. The van der Waals surface area contributed by atoms with Crippen LogP contribution in [0.4, 0.5) is 0 Å². The molecule has 0 amide bonds. The molecule has 3 heteroatoms. The number of carbonyl (C=O) groups is 2. The number of rotatable bonds is 5. The molecular weight excluding hydrogens is 252 g/mol. The fourth-order valence-electron chi connectivity index (χ4n) is 2.24. The lowest BCUT2D eigenvalue weighted by molar-refractivity contribution is -0.151. The molecule has 2 aromatic rings. The van der Waals surface area contributed by atoms with Crippen LogP contribution in [0.15, 0.2) is 42.5 Å². The molecule has 0 radical (unpaired) electrons. The third kappa shape index (κ3) is 3.23. The minimum Gasteiger partial charge on any atom is -0.465 e. The van der Waals surface area contributed by atoms with Crippen molar-refractivity contribution in [1.82, 2.24) is 0 Å². The molecule has 0 N–H and O–H groups in total. The highest BCUT2D eigenvalue weighted by Gasteiger charge is 2.24. The number of esters is 1. The van der Waals surface area contributed by atoms with Gasteiger partial charge in [0.15, 0.2) is 0 Å². The summed E-state index contributed by atoms with van der Waals surface area (Å²) in [5.74, 6) is -1.30. The minimum atomic E-state index is -0.712. The van der Waals surface area contributed by atoms with Gasteiger partial charge in [-0.1, -0.05) is 42.5 Å². The molecule has 104 valence electrons. The summed E-state index contributed by atoms with van der Waals surface area (Å²) in [5, 5.41) is 2.25. The van der Waals surface area contributed by atoms with Gasteiger partial charge in [0.2, 0.25) is 0 Å². The zero-order valence-corrected chi connectivity index (χ0v) is 11.8. The fraction of sp³-hybridized carbons (Fsp3) is 0.294. The number of ether oxygens (including phenoxy) is 1. The first-order chi connectivity index (χ1) is 9.61. The highest BCUT2D eigenvalue weighted by atomic mass is 16.5. The average molecular weight is 270 g/mol. The van der Waals surface area contributed by atoms with E-state index in [9.17, 15) is 9.59 Å². The Balaban J connectivity index is 2.24. The normalized spacial score (nSPS) is 12.1. The van der Waals surface area contributed by atoms with Crippen molar-refractivity contribution in [3.63, 3.8) is 0 Å². The van der Waals surface area contributed by atoms with Crippen molar-refractivity contribution in [2.75, 3.05) is 6.61 Å². The molecule has 20 heavy (non-hydrogen) atoms. The molecule has 0 heterocycles. The summed E-state index contributed by atoms with van der Waals surface area (Å²) >= 11 is 0. The van der Waals surface area contributed by atoms with E-state index in [0.717, 1.165) is 16.3 Å². The van der Waals surface area contributed by atoms with E-state index in [1.54, 1.807) is 6.92 Å². The number of fused-ring (bicyclic) bond motifs is 1. The van der Waals surface area contributed by atoms with Crippen LogP contribution in [-0.4, -0.2) is 18.4 Å². The lowest BCUT2D eigenvalue weighted by Gasteiger charge is -2.13. The van der Waals surface area contributed by atoms with E-state index in [0.29, 0.717) is 13.0 Å². The molecule has 0 aromatic heterocycles. The highest BCUT2D eigenvalue weighted by Crippen LogP contribution is 2.19. The van der Waals surface area contributed by atoms with Gasteiger partial charge in [-0.3, -0.25) is 9.59 Å². The minimum absolute atomic E-state index is 0.156. The van der Waals surface area contributed by atoms with E-state index < -0.39 is 11.9 Å². The van der Waals surface area contributed by atoms with Gasteiger partial charge in [0.1, 0.15) is 11.7 Å². The first-order valence-electron chi connectivity index (χ1n) is 6.76. The summed E-state index contributed by atoms with van der Waals surface area (Å²) in [6.45, 7) is 3.47. The summed E-state index contributed by atoms with van der Waals surface area (Å²) in [5.41, 5.74) is 0.969. The second-order valence-corrected chi connectivity index (χ2v) is 4.80. The molecule has 0 spiro atoms. The predicted molar refractivity (Wildman–Crippen MR) is 78.5 cm³/mol. The van der Waals surface area contributed by atoms with Crippen molar-refractivity contribution in [3.05, 3.63) is 48.0 Å². The van der Waals surface area contributed by atoms with E-state index in [-0.39, 0.29) is 5.78 Å². The second-order valence-electron chi connectivity index (χ2n) is 4.80. The maximum atomic E-state index is 11.8. The van der Waals surface area contributed by atoms with Crippen LogP contribution in [0.2, 0.25) is 0 Å². The van der Waals surface area contributed by atoms with E-state index in [4.69, 9.17) is 4.74 Å². The van der Waals surface area contributed by atoms with Crippen molar-refractivity contribution in [2.24, 2.45) is 5.92 Å². The zero-order chi connectivity index (χ0) is 14.5. The molecule has 0 fully saturated rings. The Kier molecular flexibility index (Phi) is 4.51. The Labute approximate surface area is 118 Å². The smallest absolute Gasteiger partial charge is 0.316 e. The molecule has 0 bridgehead atoms. The Hall–Kier alpha value is -2.16. The highest BCUT2D eigenvalue weighted by molar-refractivity contribution is 5.98. The molecule has 2 aromatic carbocycles. The molecule has 0 aliphatic carbocycles. The summed E-state index contributed by atoms with van der Waals surface area (Å²) in [6, 6.07) is 14.0. The van der Waals surface area contributed by atoms with Crippen LogP contribution in [0.5, 0.6) is 0 Å². The predicted octanol–water partition coefficient (Wildman–Crippen LogP) is 3.15. The van der Waals surface area contributed by atoms with Crippen LogP contribution >= 0.6 is 0 Å². The lowest BCUT2D eigenvalue weighted by atomic mass is 9.94. The summed E-state index contributed by atoms with van der Waals surface area (Å²) in [7, 11) is 0. The van der Waals surface area contributed by atoms with E-state index in [1.165, 1.54) is 6.92 Å². The van der Waals surface area contributed by atoms with E-state index >= 15 is 0 Å². The first kappa shape index (κ1) is 14.3. The molecule has 1 atom stereocenters. The monoisotopic (exact) mass is 270 g/mol. The molecular formula is C17H18O3. The Morgan fingerprint density at radius 2 is 1.80 bits per heavy atom. The molecule has 0 aliphatic heterocycles. The largest absolute Gasteiger partial charge is 0.465 e. The van der Waals surface area contributed by atoms with Crippen LogP contribution in [0.1, 0.15) is 19.4 Å². The maximum Gasteiger partial charge on any atom is 0.316 e. The quantitative estimate of drug-likeness (QED) is 0.619. The van der Waals surface area contributed by atoms with Gasteiger partial charge in [-0.25, -0.2) is 0 Å². The zero-order valence-electron chi connectivity index (χ0n) is 11.8. The number of hydrogen-bond acceptors (Lipinski definition) is 3. The average Bonchev–Trinajstić information content (AvgIpc) is 2.44. The fourth-order valence-corrected chi connectivity index (χ4v) is 2.24. The lowest BCUT2D eigenvalue weighted by Crippen LogP contribution is -2.26. The summed E-state index contributed by atoms with van der Waals surface area (Å²) < 4.78 is 4.97. The Bertz CT molecular complexity index is 631. The van der Waals surface area contributed by atoms with Crippen molar-refractivity contribution in [1.29, 1.82) is 0 Å². The van der Waals surface area contributed by atoms with Gasteiger partial charge in [0, 0.05) is 0 Å². The number of Topliss-reactive ketones (excluding diaryl/α,β-unsaturated/α-hetero) is 1. The SMILES string of the molecule is CCOC(=O)[C@H](Cc1ccc2ccccc2c1)C(C)=O. The molecule has 0 aliphatic rings. The molecule has 2 rings (SSSR count). The van der Waals surface area contributed by atoms with Crippen LogP contribution in [0.25, 0.3) is 10.8 Å². The van der Waals surface area contributed by atoms with Crippen LogP contribution in [0, 0.1) is 5.92 Å². The van der Waals surface area contributed by atoms with Crippen molar-refractivity contribution >= 4 is 22.5 Å². The third-order valence-corrected chi connectivity index (χ3v) is 3.32. The molecule has 0 saturated heterocycles. The van der Waals surface area contributed by atoms with Crippen LogP contribution in [-0.2, 0) is 20.7 Å². The second kappa shape index (κ2) is 6.33. The van der Waals surface area contributed by atoms with Crippen molar-refractivity contribution in [3.8, 4) is 0 Å². The number of carbonyl (C=O) groups excluding carboxylic acids is 2. The topological polar surface area (TPSA) is 43.4 Å². The number of benzene rings is 2. The van der Waals surface area contributed by atoms with Gasteiger partial charge >= 0.3 is 5.97 Å². The summed E-state index contributed by atoms with van der Waals surface area (Å²) in [4.78, 5) is 23.4. The van der Waals surface area contributed by atoms with Gasteiger partial charge in [-0.05, 0) is 36.6 Å². The van der Waals surface area contributed by atoms with E-state index in [2.05, 4.69) is 0 Å². The van der Waals surface area contributed by atoms with Gasteiger partial charge in [0.25, 0.3) is 0 Å². The Morgan fingerprint density at radius 1 is 1.10 bits per heavy atom. The van der Waals surface area contributed by atoms with Crippen LogP contribution < -0.4 is 0 Å². The Morgan fingerprint density at radius 3 is 2.45 bits per heavy atom. The maximum absolute atomic E-state index is 11.8. The van der Waals surface area contributed by atoms with Crippen LogP contribution in [0.3, 0.4) is 0 Å². The standard InChI is InChI=1S/C17H18O3/c1-3-20-17(19)16(12(2)18)11-13-8-9-14-6-4-5-7-15(14)10-13/h4-10,16H,3,11H2,1-2H3/t16-/m1/s1. The van der Waals surface area contributed by atoms with Gasteiger partial charge in [0.05, 0.1) is 6.61 Å². The van der Waals surface area contributed by atoms with Crippen molar-refractivity contribution < 1.29 is 14.3 Å². The number of ketones is 1. The molecule has 0 saturated carbocycles. The van der Waals surface area contributed by atoms with E-state index in [1.807, 2.05) is 42.5 Å². The van der Waals surface area contributed by atoms with Gasteiger partial charge in [-0.2, -0.15) is 0 Å². The third-order valence-electron chi connectivity index (χ3n) is 3.32. The van der Waals surface area contributed by atoms with Gasteiger partial charge < -0.3 is 4.74 Å². The van der Waals surface area contributed by atoms with Crippen molar-refractivity contribution in [2.45, 2.75) is 20.3 Å².